The first-order valence-corrected chi connectivity index (χ1v) is 6.28. The average molecular weight is 238 g/mol. The van der Waals surface area contributed by atoms with Gasteiger partial charge in [0.2, 0.25) is 0 Å². The van der Waals surface area contributed by atoms with Crippen LogP contribution in [0.4, 0.5) is 0 Å². The molecule has 2 aromatic rings. The Morgan fingerprint density at radius 2 is 1.33 bits per heavy atom. The average Bonchev–Trinajstić information content (AvgIpc) is 2.46. The molecule has 0 atom stereocenters. The summed E-state index contributed by atoms with van der Waals surface area (Å²) in [6.07, 6.45) is 4.78. The minimum Gasteiger partial charge on any atom is -0.377 e. The quantitative estimate of drug-likeness (QED) is 0.801. The Balaban J connectivity index is 2.51. The van der Waals surface area contributed by atoms with Crippen LogP contribution in [0.3, 0.4) is 0 Å². The molecule has 92 valence electrons. The van der Waals surface area contributed by atoms with Crippen molar-refractivity contribution in [3.63, 3.8) is 0 Å². The van der Waals surface area contributed by atoms with Gasteiger partial charge in [0, 0.05) is 0 Å². The van der Waals surface area contributed by atoms with Gasteiger partial charge in [-0.3, -0.25) is 0 Å². The number of benzene rings is 2. The molecule has 18 heavy (non-hydrogen) atoms. The van der Waals surface area contributed by atoms with Gasteiger partial charge in [-0.05, 0) is 23.6 Å². The summed E-state index contributed by atoms with van der Waals surface area (Å²) in [5, 5.41) is 11.0. The number of allylic oxidation sites excluding steroid dienone is 1. The zero-order chi connectivity index (χ0) is 12.8. The van der Waals surface area contributed by atoms with E-state index in [2.05, 4.69) is 6.92 Å². The SMILES string of the molecule is CC/C=C/C(O)(c1ccccc1)c1ccccc1. The smallest absolute Gasteiger partial charge is 0.133 e. The molecule has 0 aliphatic heterocycles. The Kier molecular flexibility index (Phi) is 3.96. The van der Waals surface area contributed by atoms with E-state index in [4.69, 9.17) is 0 Å². The van der Waals surface area contributed by atoms with Gasteiger partial charge in [-0.15, -0.1) is 0 Å². The van der Waals surface area contributed by atoms with E-state index >= 15 is 0 Å². The monoisotopic (exact) mass is 238 g/mol. The fourth-order valence-corrected chi connectivity index (χ4v) is 2.03. The summed E-state index contributed by atoms with van der Waals surface area (Å²) in [6, 6.07) is 19.5. The van der Waals surface area contributed by atoms with Crippen molar-refractivity contribution in [2.45, 2.75) is 18.9 Å². The molecule has 1 nitrogen and oxygen atoms in total. The van der Waals surface area contributed by atoms with Crippen molar-refractivity contribution in [1.29, 1.82) is 0 Å². The first-order chi connectivity index (χ1) is 8.77. The van der Waals surface area contributed by atoms with E-state index in [-0.39, 0.29) is 0 Å². The third-order valence-corrected chi connectivity index (χ3v) is 3.02. The molecule has 0 amide bonds. The molecule has 0 spiro atoms. The molecule has 0 aliphatic carbocycles. The first kappa shape index (κ1) is 12.6. The molecule has 0 saturated heterocycles. The molecule has 0 unspecified atom stereocenters. The van der Waals surface area contributed by atoms with E-state index in [0.717, 1.165) is 17.5 Å². The zero-order valence-electron chi connectivity index (χ0n) is 10.6. The summed E-state index contributed by atoms with van der Waals surface area (Å²) in [5.41, 5.74) is 0.736. The molecule has 0 aromatic heterocycles. The highest BCUT2D eigenvalue weighted by atomic mass is 16.3. The van der Waals surface area contributed by atoms with Crippen molar-refractivity contribution in [1.82, 2.24) is 0 Å². The van der Waals surface area contributed by atoms with Crippen LogP contribution in [-0.4, -0.2) is 5.11 Å². The number of rotatable bonds is 4. The second-order valence-electron chi connectivity index (χ2n) is 4.31. The van der Waals surface area contributed by atoms with Crippen molar-refractivity contribution in [2.24, 2.45) is 0 Å². The standard InChI is InChI=1S/C17H18O/c1-2-3-14-17(18,15-10-6-4-7-11-15)16-12-8-5-9-13-16/h3-14,18H,2H2,1H3/b14-3+. The zero-order valence-corrected chi connectivity index (χ0v) is 10.6. The highest BCUT2D eigenvalue weighted by Crippen LogP contribution is 2.30. The summed E-state index contributed by atoms with van der Waals surface area (Å²) in [6.45, 7) is 2.06. The summed E-state index contributed by atoms with van der Waals surface area (Å²) >= 11 is 0. The van der Waals surface area contributed by atoms with Crippen LogP contribution in [0.15, 0.2) is 72.8 Å². The lowest BCUT2D eigenvalue weighted by molar-refractivity contribution is 0.134. The van der Waals surface area contributed by atoms with Gasteiger partial charge in [0.15, 0.2) is 0 Å². The number of hydrogen-bond acceptors (Lipinski definition) is 1. The summed E-state index contributed by atoms with van der Waals surface area (Å²) in [5.74, 6) is 0. The van der Waals surface area contributed by atoms with Crippen LogP contribution >= 0.6 is 0 Å². The van der Waals surface area contributed by atoms with Crippen LogP contribution in [0, 0.1) is 0 Å². The van der Waals surface area contributed by atoms with E-state index < -0.39 is 5.60 Å². The van der Waals surface area contributed by atoms with Gasteiger partial charge in [-0.25, -0.2) is 0 Å². The normalized spacial score (nSPS) is 11.9. The van der Waals surface area contributed by atoms with E-state index in [1.807, 2.05) is 72.8 Å². The molecule has 0 fully saturated rings. The largest absolute Gasteiger partial charge is 0.377 e. The van der Waals surface area contributed by atoms with Gasteiger partial charge >= 0.3 is 0 Å². The van der Waals surface area contributed by atoms with E-state index in [9.17, 15) is 5.11 Å². The highest BCUT2D eigenvalue weighted by Gasteiger charge is 2.27. The van der Waals surface area contributed by atoms with Crippen LogP contribution in [0.25, 0.3) is 0 Å². The summed E-state index contributed by atoms with van der Waals surface area (Å²) in [7, 11) is 0. The van der Waals surface area contributed by atoms with Gasteiger partial charge in [-0.2, -0.15) is 0 Å². The molecule has 0 saturated carbocycles. The van der Waals surface area contributed by atoms with Crippen molar-refractivity contribution in [3.8, 4) is 0 Å². The predicted octanol–water partition coefficient (Wildman–Crippen LogP) is 3.89. The predicted molar refractivity (Wildman–Crippen MR) is 75.3 cm³/mol. The van der Waals surface area contributed by atoms with E-state index in [0.29, 0.717) is 0 Å². The first-order valence-electron chi connectivity index (χ1n) is 6.28. The van der Waals surface area contributed by atoms with Gasteiger partial charge < -0.3 is 5.11 Å². The maximum absolute atomic E-state index is 11.0. The Hall–Kier alpha value is -1.86. The molecule has 2 rings (SSSR count). The molecule has 1 N–H and O–H groups in total. The van der Waals surface area contributed by atoms with Crippen LogP contribution < -0.4 is 0 Å². The van der Waals surface area contributed by atoms with Crippen molar-refractivity contribution in [2.75, 3.05) is 0 Å². The molecular weight excluding hydrogens is 220 g/mol. The van der Waals surface area contributed by atoms with Crippen LogP contribution in [0.1, 0.15) is 24.5 Å². The second kappa shape index (κ2) is 5.65. The topological polar surface area (TPSA) is 20.2 Å². The number of aliphatic hydroxyl groups is 1. The van der Waals surface area contributed by atoms with Crippen molar-refractivity contribution in [3.05, 3.63) is 83.9 Å². The van der Waals surface area contributed by atoms with Crippen molar-refractivity contribution >= 4 is 0 Å². The molecule has 0 bridgehead atoms. The molecule has 0 radical (unpaired) electrons. The van der Waals surface area contributed by atoms with Crippen LogP contribution in [0.5, 0.6) is 0 Å². The Bertz CT molecular complexity index is 460. The maximum Gasteiger partial charge on any atom is 0.133 e. The minimum absolute atomic E-state index is 0.890. The number of hydrogen-bond donors (Lipinski definition) is 1. The molecular formula is C17H18O. The Morgan fingerprint density at radius 3 is 1.72 bits per heavy atom. The summed E-state index contributed by atoms with van der Waals surface area (Å²) in [4.78, 5) is 0. The van der Waals surface area contributed by atoms with Gasteiger partial charge in [0.05, 0.1) is 0 Å². The second-order valence-corrected chi connectivity index (χ2v) is 4.31. The van der Waals surface area contributed by atoms with Crippen molar-refractivity contribution < 1.29 is 5.11 Å². The maximum atomic E-state index is 11.0. The molecule has 0 heterocycles. The Labute approximate surface area is 108 Å². The highest BCUT2D eigenvalue weighted by molar-refractivity contribution is 5.40. The van der Waals surface area contributed by atoms with E-state index in [1.54, 1.807) is 0 Å². The van der Waals surface area contributed by atoms with Gasteiger partial charge in [-0.1, -0.05) is 73.7 Å². The van der Waals surface area contributed by atoms with E-state index in [1.165, 1.54) is 0 Å². The van der Waals surface area contributed by atoms with Crippen LogP contribution in [-0.2, 0) is 5.60 Å². The fourth-order valence-electron chi connectivity index (χ4n) is 2.03. The lowest BCUT2D eigenvalue weighted by Gasteiger charge is -2.26. The Morgan fingerprint density at radius 1 is 0.889 bits per heavy atom. The summed E-state index contributed by atoms with van der Waals surface area (Å²) < 4.78 is 0. The van der Waals surface area contributed by atoms with Crippen LogP contribution in [0.2, 0.25) is 0 Å². The van der Waals surface area contributed by atoms with Gasteiger partial charge in [0.25, 0.3) is 0 Å². The molecule has 1 heteroatoms. The molecule has 2 aromatic carbocycles. The lowest BCUT2D eigenvalue weighted by Crippen LogP contribution is -2.24. The third kappa shape index (κ3) is 2.52. The third-order valence-electron chi connectivity index (χ3n) is 3.02. The minimum atomic E-state index is -1.04. The van der Waals surface area contributed by atoms with Gasteiger partial charge in [0.1, 0.15) is 5.60 Å². The molecule has 0 aliphatic rings. The fraction of sp³-hybridized carbons (Fsp3) is 0.176. The lowest BCUT2D eigenvalue weighted by atomic mass is 9.86.